The molecule has 0 aliphatic carbocycles. The minimum Gasteiger partial charge on any atom is -0.356 e. The van der Waals surface area contributed by atoms with Gasteiger partial charge in [-0.05, 0) is 18.6 Å². The Labute approximate surface area is 159 Å². The molecule has 3 rings (SSSR count). The lowest BCUT2D eigenvalue weighted by atomic mass is 10.2. The maximum absolute atomic E-state index is 11.9. The van der Waals surface area contributed by atoms with E-state index in [1.165, 1.54) is 0 Å². The summed E-state index contributed by atoms with van der Waals surface area (Å²) in [4.78, 5) is 19.7. The van der Waals surface area contributed by atoms with Crippen LogP contribution in [0.15, 0.2) is 24.3 Å². The van der Waals surface area contributed by atoms with Gasteiger partial charge in [-0.25, -0.2) is 4.98 Å². The van der Waals surface area contributed by atoms with Crippen LogP contribution in [0.3, 0.4) is 0 Å². The van der Waals surface area contributed by atoms with Crippen LogP contribution < -0.4 is 10.6 Å². The third-order valence-electron chi connectivity index (χ3n) is 3.78. The Morgan fingerprint density at radius 3 is 2.92 bits per heavy atom. The van der Waals surface area contributed by atoms with Crippen LogP contribution in [0.5, 0.6) is 0 Å². The molecule has 3 N–H and O–H groups in total. The molecular weight excluding hydrogens is 367 g/mol. The van der Waals surface area contributed by atoms with E-state index in [9.17, 15) is 4.79 Å². The fraction of sp³-hybridized carbons (Fsp3) is 0.500. The highest BCUT2D eigenvalue weighted by Gasteiger charge is 2.16. The normalized spacial score (nSPS) is 16.9. The monoisotopic (exact) mass is 390 g/mol. The largest absolute Gasteiger partial charge is 0.356 e. The molecule has 1 fully saturated rings. The van der Waals surface area contributed by atoms with Crippen molar-refractivity contribution >= 4 is 53.5 Å². The Bertz CT molecular complexity index is 598. The molecule has 134 valence electrons. The second-order valence-electron chi connectivity index (χ2n) is 5.58. The fourth-order valence-electron chi connectivity index (χ4n) is 2.65. The van der Waals surface area contributed by atoms with Gasteiger partial charge in [0, 0.05) is 43.5 Å². The highest BCUT2D eigenvalue weighted by Crippen LogP contribution is 2.11. The first kappa shape index (κ1) is 21.1. The number of rotatable bonds is 6. The van der Waals surface area contributed by atoms with Gasteiger partial charge in [0.25, 0.3) is 0 Å². The molecule has 0 saturated carbocycles. The number of aromatic amines is 1. The Kier molecular flexibility index (Phi) is 9.51. The van der Waals surface area contributed by atoms with Crippen molar-refractivity contribution in [3.05, 3.63) is 30.1 Å². The highest BCUT2D eigenvalue weighted by molar-refractivity contribution is 7.99. The van der Waals surface area contributed by atoms with E-state index in [4.69, 9.17) is 0 Å². The molecule has 1 unspecified atom stereocenters. The first-order valence-electron chi connectivity index (χ1n) is 7.83. The van der Waals surface area contributed by atoms with E-state index >= 15 is 0 Å². The van der Waals surface area contributed by atoms with Crippen molar-refractivity contribution < 1.29 is 4.79 Å². The van der Waals surface area contributed by atoms with Crippen LogP contribution in [0.2, 0.25) is 0 Å². The second kappa shape index (κ2) is 10.8. The van der Waals surface area contributed by atoms with Crippen LogP contribution in [0.25, 0.3) is 11.0 Å². The van der Waals surface area contributed by atoms with Crippen molar-refractivity contribution in [2.24, 2.45) is 0 Å². The van der Waals surface area contributed by atoms with Gasteiger partial charge >= 0.3 is 0 Å². The van der Waals surface area contributed by atoms with Gasteiger partial charge in [-0.2, -0.15) is 11.8 Å². The number of carbonyl (C=O) groups excluding carboxylic acids is 1. The molecule has 2 aromatic rings. The number of nitrogens with one attached hydrogen (secondary N) is 3. The summed E-state index contributed by atoms with van der Waals surface area (Å²) < 4.78 is 0. The summed E-state index contributed by atoms with van der Waals surface area (Å²) in [6.07, 6.45) is 2.34. The first-order valence-corrected chi connectivity index (χ1v) is 8.98. The van der Waals surface area contributed by atoms with E-state index in [2.05, 4.69) is 20.6 Å². The Hall–Kier alpha value is -0.950. The zero-order valence-corrected chi connectivity index (χ0v) is 15.9. The molecule has 5 nitrogen and oxygen atoms in total. The number of carbonyl (C=O) groups is 1. The van der Waals surface area contributed by atoms with Crippen molar-refractivity contribution in [2.45, 2.75) is 25.3 Å². The average molecular weight is 391 g/mol. The number of hydrogen-bond donors (Lipinski definition) is 3. The summed E-state index contributed by atoms with van der Waals surface area (Å²) in [5, 5.41) is 6.39. The maximum Gasteiger partial charge on any atom is 0.221 e. The quantitative estimate of drug-likeness (QED) is 0.662. The Balaban J connectivity index is 0.00000144. The Morgan fingerprint density at radius 1 is 1.33 bits per heavy atom. The molecule has 1 saturated heterocycles. The molecule has 1 aromatic heterocycles. The standard InChI is InChI=1S/C16H22N4OS.2ClH/c21-16(10-12-11-22-9-8-17-12)18-7-3-6-15-19-13-4-1-2-5-14(13)20-15;;/h1-2,4-5,12,17H,3,6-11H2,(H,18,21)(H,19,20);2*1H. The number of thioether (sulfide) groups is 1. The molecular formula is C16H24Cl2N4OS. The van der Waals surface area contributed by atoms with Crippen molar-refractivity contribution in [1.82, 2.24) is 20.6 Å². The number of imidazole rings is 1. The fourth-order valence-corrected chi connectivity index (χ4v) is 3.60. The van der Waals surface area contributed by atoms with Gasteiger partial charge in [0.05, 0.1) is 11.0 Å². The zero-order chi connectivity index (χ0) is 15.2. The van der Waals surface area contributed by atoms with Crippen LogP contribution in [-0.4, -0.2) is 46.5 Å². The summed E-state index contributed by atoms with van der Waals surface area (Å²) in [5.74, 6) is 3.31. The van der Waals surface area contributed by atoms with E-state index in [1.54, 1.807) is 0 Å². The van der Waals surface area contributed by atoms with Gasteiger partial charge in [-0.3, -0.25) is 4.79 Å². The topological polar surface area (TPSA) is 69.8 Å². The van der Waals surface area contributed by atoms with Crippen LogP contribution in [0, 0.1) is 0 Å². The number of aryl methyl sites for hydroxylation is 1. The molecule has 1 aliphatic rings. The van der Waals surface area contributed by atoms with Gasteiger partial charge in [-0.1, -0.05) is 12.1 Å². The summed E-state index contributed by atoms with van der Waals surface area (Å²) in [6, 6.07) is 8.36. The smallest absolute Gasteiger partial charge is 0.221 e. The number of hydrogen-bond acceptors (Lipinski definition) is 4. The van der Waals surface area contributed by atoms with Crippen molar-refractivity contribution in [3.8, 4) is 0 Å². The lowest BCUT2D eigenvalue weighted by Gasteiger charge is -2.22. The highest BCUT2D eigenvalue weighted by atomic mass is 35.5. The minimum atomic E-state index is 0. The van der Waals surface area contributed by atoms with Crippen LogP contribution in [-0.2, 0) is 11.2 Å². The Morgan fingerprint density at radius 2 is 2.17 bits per heavy atom. The van der Waals surface area contributed by atoms with Gasteiger partial charge in [0.1, 0.15) is 5.82 Å². The average Bonchev–Trinajstić information content (AvgIpc) is 2.95. The predicted octanol–water partition coefficient (Wildman–Crippen LogP) is 2.55. The van der Waals surface area contributed by atoms with Crippen LogP contribution >= 0.6 is 36.6 Å². The number of halogens is 2. The minimum absolute atomic E-state index is 0. The molecule has 24 heavy (non-hydrogen) atoms. The number of amides is 1. The van der Waals surface area contributed by atoms with Gasteiger partial charge in [0.2, 0.25) is 5.91 Å². The van der Waals surface area contributed by atoms with E-state index in [1.807, 2.05) is 36.0 Å². The number of aromatic nitrogens is 2. The molecule has 0 bridgehead atoms. The van der Waals surface area contributed by atoms with Crippen LogP contribution in [0.4, 0.5) is 0 Å². The summed E-state index contributed by atoms with van der Waals surface area (Å²) >= 11 is 1.92. The molecule has 2 heterocycles. The van der Waals surface area contributed by atoms with Gasteiger partial charge < -0.3 is 15.6 Å². The van der Waals surface area contributed by atoms with E-state index in [0.29, 0.717) is 19.0 Å². The molecule has 0 radical (unpaired) electrons. The van der Waals surface area contributed by atoms with E-state index in [-0.39, 0.29) is 30.7 Å². The molecule has 0 spiro atoms. The third-order valence-corrected chi connectivity index (χ3v) is 4.91. The van der Waals surface area contributed by atoms with Crippen molar-refractivity contribution in [1.29, 1.82) is 0 Å². The van der Waals surface area contributed by atoms with Gasteiger partial charge in [-0.15, -0.1) is 24.8 Å². The number of benzene rings is 1. The molecule has 1 atom stereocenters. The summed E-state index contributed by atoms with van der Waals surface area (Å²) in [6.45, 7) is 1.71. The summed E-state index contributed by atoms with van der Waals surface area (Å²) in [5.41, 5.74) is 2.07. The van der Waals surface area contributed by atoms with E-state index < -0.39 is 0 Å². The number of para-hydroxylation sites is 2. The molecule has 1 aliphatic heterocycles. The lowest BCUT2D eigenvalue weighted by Crippen LogP contribution is -2.41. The molecule has 8 heteroatoms. The van der Waals surface area contributed by atoms with Crippen LogP contribution in [0.1, 0.15) is 18.7 Å². The predicted molar refractivity (Wildman–Crippen MR) is 106 cm³/mol. The molecule has 1 amide bonds. The number of H-pyrrole nitrogens is 1. The maximum atomic E-state index is 11.9. The number of fused-ring (bicyclic) bond motifs is 1. The second-order valence-corrected chi connectivity index (χ2v) is 6.73. The third kappa shape index (κ3) is 6.16. The summed E-state index contributed by atoms with van der Waals surface area (Å²) in [7, 11) is 0. The lowest BCUT2D eigenvalue weighted by molar-refractivity contribution is -0.121. The molecule has 1 aromatic carbocycles. The van der Waals surface area contributed by atoms with Crippen molar-refractivity contribution in [2.75, 3.05) is 24.6 Å². The number of nitrogens with zero attached hydrogens (tertiary/aromatic N) is 1. The first-order chi connectivity index (χ1) is 10.8. The van der Waals surface area contributed by atoms with E-state index in [0.717, 1.165) is 47.7 Å². The SMILES string of the molecule is Cl.Cl.O=C(CC1CSCCN1)NCCCc1nc2ccccc2[nH]1. The van der Waals surface area contributed by atoms with Gasteiger partial charge in [0.15, 0.2) is 0 Å². The van der Waals surface area contributed by atoms with Crippen molar-refractivity contribution in [3.63, 3.8) is 0 Å². The zero-order valence-electron chi connectivity index (χ0n) is 13.4.